The van der Waals surface area contributed by atoms with Gasteiger partial charge >= 0.3 is 0 Å². The van der Waals surface area contributed by atoms with Crippen LogP contribution in [0.3, 0.4) is 0 Å². The van der Waals surface area contributed by atoms with Gasteiger partial charge in [0.05, 0.1) is 5.56 Å². The fourth-order valence-electron chi connectivity index (χ4n) is 1.64. The summed E-state index contributed by atoms with van der Waals surface area (Å²) in [5.41, 5.74) is 11.7. The minimum absolute atomic E-state index is 0.165. The Hall–Kier alpha value is -2.43. The Morgan fingerprint density at radius 2 is 1.56 bits per heavy atom. The Kier molecular flexibility index (Phi) is 2.97. The largest absolute Gasteiger partial charge is 0.399 e. The van der Waals surface area contributed by atoms with E-state index < -0.39 is 17.4 Å². The van der Waals surface area contributed by atoms with Gasteiger partial charge in [-0.25, -0.2) is 8.78 Å². The molecule has 0 aliphatic heterocycles. The summed E-state index contributed by atoms with van der Waals surface area (Å²) in [5.74, 6) is -2.25. The molecule has 0 amide bonds. The number of nitrogens with two attached hydrogens (primary N) is 2. The lowest BCUT2D eigenvalue weighted by Gasteiger charge is -2.05. The Morgan fingerprint density at radius 1 is 0.944 bits per heavy atom. The van der Waals surface area contributed by atoms with E-state index in [4.69, 9.17) is 11.5 Å². The van der Waals surface area contributed by atoms with E-state index in [1.807, 2.05) is 0 Å². The highest BCUT2D eigenvalue weighted by Crippen LogP contribution is 2.19. The van der Waals surface area contributed by atoms with E-state index in [0.717, 1.165) is 12.1 Å². The van der Waals surface area contributed by atoms with Crippen molar-refractivity contribution < 1.29 is 13.6 Å². The van der Waals surface area contributed by atoms with Crippen LogP contribution in [0.15, 0.2) is 36.4 Å². The molecule has 0 bridgehead atoms. The molecule has 3 nitrogen and oxygen atoms in total. The first kappa shape index (κ1) is 12.0. The molecule has 2 rings (SSSR count). The number of halogens is 2. The van der Waals surface area contributed by atoms with Gasteiger partial charge in [-0.15, -0.1) is 0 Å². The highest BCUT2D eigenvalue weighted by atomic mass is 19.1. The number of nitrogen functional groups attached to an aromatic ring is 2. The number of benzene rings is 2. The average molecular weight is 248 g/mol. The third kappa shape index (κ3) is 2.29. The quantitative estimate of drug-likeness (QED) is 0.633. The summed E-state index contributed by atoms with van der Waals surface area (Å²) < 4.78 is 26.2. The van der Waals surface area contributed by atoms with Crippen LogP contribution in [0.4, 0.5) is 20.2 Å². The number of carbonyl (C=O) groups excluding carboxylic acids is 1. The highest BCUT2D eigenvalue weighted by molar-refractivity contribution is 6.10. The minimum atomic E-state index is -0.916. The number of carbonyl (C=O) groups is 1. The van der Waals surface area contributed by atoms with Crippen LogP contribution >= 0.6 is 0 Å². The molecule has 4 N–H and O–H groups in total. The van der Waals surface area contributed by atoms with Gasteiger partial charge in [0, 0.05) is 23.0 Å². The molecule has 18 heavy (non-hydrogen) atoms. The molecule has 0 fully saturated rings. The van der Waals surface area contributed by atoms with Crippen molar-refractivity contribution >= 4 is 17.2 Å². The minimum Gasteiger partial charge on any atom is -0.399 e. The first-order chi connectivity index (χ1) is 8.47. The molecular weight excluding hydrogens is 238 g/mol. The number of ketones is 1. The topological polar surface area (TPSA) is 69.1 Å². The second kappa shape index (κ2) is 4.44. The van der Waals surface area contributed by atoms with Crippen LogP contribution in [0.5, 0.6) is 0 Å². The fourth-order valence-corrected chi connectivity index (χ4v) is 1.64. The molecule has 0 unspecified atom stereocenters. The van der Waals surface area contributed by atoms with Gasteiger partial charge in [0.15, 0.2) is 5.78 Å². The molecule has 0 aliphatic rings. The van der Waals surface area contributed by atoms with Crippen LogP contribution in [-0.4, -0.2) is 5.78 Å². The van der Waals surface area contributed by atoms with Gasteiger partial charge in [-0.3, -0.25) is 4.79 Å². The van der Waals surface area contributed by atoms with Gasteiger partial charge in [0.25, 0.3) is 0 Å². The van der Waals surface area contributed by atoms with Gasteiger partial charge < -0.3 is 11.5 Å². The Morgan fingerprint density at radius 3 is 2.11 bits per heavy atom. The zero-order valence-corrected chi connectivity index (χ0v) is 9.28. The molecule has 92 valence electrons. The van der Waals surface area contributed by atoms with Crippen LogP contribution in [0.2, 0.25) is 0 Å². The van der Waals surface area contributed by atoms with Crippen molar-refractivity contribution in [1.82, 2.24) is 0 Å². The second-order valence-electron chi connectivity index (χ2n) is 3.84. The SMILES string of the molecule is Nc1cc(N)cc(C(=O)c2ccc(F)cc2F)c1. The van der Waals surface area contributed by atoms with Crippen molar-refractivity contribution in [3.63, 3.8) is 0 Å². The number of hydrogen-bond acceptors (Lipinski definition) is 3. The number of anilines is 2. The van der Waals surface area contributed by atoms with Crippen molar-refractivity contribution in [2.75, 3.05) is 11.5 Å². The molecule has 2 aromatic rings. The predicted molar refractivity (Wildman–Crippen MR) is 65.1 cm³/mol. The fraction of sp³-hybridized carbons (Fsp3) is 0. The Bertz CT molecular complexity index is 606. The van der Waals surface area contributed by atoms with Crippen molar-refractivity contribution in [3.8, 4) is 0 Å². The third-order valence-corrected chi connectivity index (χ3v) is 2.42. The van der Waals surface area contributed by atoms with Crippen LogP contribution in [0, 0.1) is 11.6 Å². The molecule has 0 spiro atoms. The summed E-state index contributed by atoms with van der Waals surface area (Å²) in [6.07, 6.45) is 0. The average Bonchev–Trinajstić information content (AvgIpc) is 2.26. The first-order valence-corrected chi connectivity index (χ1v) is 5.13. The molecular formula is C13H10F2N2O. The van der Waals surface area contributed by atoms with Gasteiger partial charge in [0.1, 0.15) is 11.6 Å². The molecule has 0 aromatic heterocycles. The maximum atomic E-state index is 13.5. The molecule has 5 heteroatoms. The Labute approximate surface area is 102 Å². The predicted octanol–water partition coefficient (Wildman–Crippen LogP) is 2.36. The monoisotopic (exact) mass is 248 g/mol. The van der Waals surface area contributed by atoms with Gasteiger partial charge in [0.2, 0.25) is 0 Å². The summed E-state index contributed by atoms with van der Waals surface area (Å²) >= 11 is 0. The normalized spacial score (nSPS) is 10.3. The summed E-state index contributed by atoms with van der Waals surface area (Å²) in [6, 6.07) is 7.03. The Balaban J connectivity index is 2.47. The molecule has 0 atom stereocenters. The van der Waals surface area contributed by atoms with E-state index in [1.165, 1.54) is 18.2 Å². The summed E-state index contributed by atoms with van der Waals surface area (Å²) in [6.45, 7) is 0. The zero-order valence-electron chi connectivity index (χ0n) is 9.28. The molecule has 0 heterocycles. The lowest BCUT2D eigenvalue weighted by molar-refractivity contribution is 0.103. The summed E-state index contributed by atoms with van der Waals surface area (Å²) in [4.78, 5) is 12.0. The standard InChI is InChI=1S/C13H10F2N2O/c14-8-1-2-11(12(15)5-8)13(18)7-3-9(16)6-10(17)4-7/h1-6H,16-17H2. The van der Waals surface area contributed by atoms with E-state index in [2.05, 4.69) is 0 Å². The molecule has 0 saturated carbocycles. The molecule has 0 aliphatic carbocycles. The molecule has 0 radical (unpaired) electrons. The molecule has 2 aromatic carbocycles. The van der Waals surface area contributed by atoms with Gasteiger partial charge in [-0.2, -0.15) is 0 Å². The van der Waals surface area contributed by atoms with Crippen molar-refractivity contribution in [1.29, 1.82) is 0 Å². The highest BCUT2D eigenvalue weighted by Gasteiger charge is 2.15. The van der Waals surface area contributed by atoms with E-state index in [0.29, 0.717) is 17.4 Å². The number of rotatable bonds is 2. The lowest BCUT2D eigenvalue weighted by atomic mass is 10.0. The van der Waals surface area contributed by atoms with Gasteiger partial charge in [-0.1, -0.05) is 0 Å². The van der Waals surface area contributed by atoms with E-state index in [1.54, 1.807) is 0 Å². The smallest absolute Gasteiger partial charge is 0.196 e. The van der Waals surface area contributed by atoms with Crippen LogP contribution < -0.4 is 11.5 Å². The van der Waals surface area contributed by atoms with Crippen LogP contribution in [-0.2, 0) is 0 Å². The maximum Gasteiger partial charge on any atom is 0.196 e. The first-order valence-electron chi connectivity index (χ1n) is 5.13. The van der Waals surface area contributed by atoms with E-state index in [-0.39, 0.29) is 11.1 Å². The zero-order chi connectivity index (χ0) is 13.3. The maximum absolute atomic E-state index is 13.5. The van der Waals surface area contributed by atoms with E-state index in [9.17, 15) is 13.6 Å². The summed E-state index contributed by atoms with van der Waals surface area (Å²) in [5, 5.41) is 0. The van der Waals surface area contributed by atoms with Crippen molar-refractivity contribution in [3.05, 3.63) is 59.2 Å². The van der Waals surface area contributed by atoms with Gasteiger partial charge in [-0.05, 0) is 30.3 Å². The molecule has 0 saturated heterocycles. The number of hydrogen-bond donors (Lipinski definition) is 2. The van der Waals surface area contributed by atoms with Crippen LogP contribution in [0.25, 0.3) is 0 Å². The lowest BCUT2D eigenvalue weighted by Crippen LogP contribution is -2.06. The van der Waals surface area contributed by atoms with Crippen LogP contribution in [0.1, 0.15) is 15.9 Å². The van der Waals surface area contributed by atoms with Crippen molar-refractivity contribution in [2.24, 2.45) is 0 Å². The van der Waals surface area contributed by atoms with Crippen molar-refractivity contribution in [2.45, 2.75) is 0 Å². The van der Waals surface area contributed by atoms with E-state index >= 15 is 0 Å². The summed E-state index contributed by atoms with van der Waals surface area (Å²) in [7, 11) is 0. The third-order valence-electron chi connectivity index (χ3n) is 2.42. The second-order valence-corrected chi connectivity index (χ2v) is 3.84.